The molecule has 2 N–H and O–H groups in total. The largest absolute Gasteiger partial charge is 0.304 e. The molecule has 0 radical (unpaired) electrons. The first-order valence-electron chi connectivity index (χ1n) is 2.83. The Bertz CT molecular complexity index is 272. The molecule has 1 atom stereocenters. The first kappa shape index (κ1) is 5.43. The van der Waals surface area contributed by atoms with Crippen LogP contribution >= 0.6 is 0 Å². The molecule has 2 heterocycles. The number of aliphatic imine (C=N–C) groups is 4. The zero-order valence-electron chi connectivity index (χ0n) is 5.10. The van der Waals surface area contributed by atoms with Gasteiger partial charge in [-0.15, -0.1) is 0 Å². The molecule has 50 valence electrons. The molecule has 2 aliphatic rings. The summed E-state index contributed by atoms with van der Waals surface area (Å²) in [6.45, 7) is 0. The van der Waals surface area contributed by atoms with Crippen LogP contribution in [0, 0.1) is 0 Å². The summed E-state index contributed by atoms with van der Waals surface area (Å²) in [6.07, 6.45) is 2.46. The van der Waals surface area contributed by atoms with Crippen LogP contribution in [-0.4, -0.2) is 30.4 Å². The number of nitrogens with two attached hydrogens (primary N) is 1. The zero-order valence-corrected chi connectivity index (χ0v) is 5.10. The van der Waals surface area contributed by atoms with Crippen LogP contribution in [0.15, 0.2) is 20.0 Å². The second kappa shape index (κ2) is 1.81. The highest BCUT2D eigenvalue weighted by molar-refractivity contribution is 6.49. The van der Waals surface area contributed by atoms with Crippen LogP contribution in [0.4, 0.5) is 0 Å². The Balaban J connectivity index is 2.45. The van der Waals surface area contributed by atoms with Gasteiger partial charge in [0.1, 0.15) is 24.6 Å². The van der Waals surface area contributed by atoms with Gasteiger partial charge in [0.05, 0.1) is 0 Å². The van der Waals surface area contributed by atoms with Crippen molar-refractivity contribution >= 4 is 24.2 Å². The van der Waals surface area contributed by atoms with Gasteiger partial charge in [0.25, 0.3) is 0 Å². The van der Waals surface area contributed by atoms with Gasteiger partial charge in [-0.2, -0.15) is 0 Å². The van der Waals surface area contributed by atoms with Crippen LogP contribution in [0.2, 0.25) is 0 Å². The molecule has 0 aromatic rings. The van der Waals surface area contributed by atoms with Crippen LogP contribution in [0.25, 0.3) is 0 Å². The van der Waals surface area contributed by atoms with Gasteiger partial charge < -0.3 is 5.73 Å². The molecule has 5 heteroatoms. The normalized spacial score (nSPS) is 27.9. The van der Waals surface area contributed by atoms with Gasteiger partial charge in [-0.1, -0.05) is 0 Å². The lowest BCUT2D eigenvalue weighted by atomic mass is 10.3. The van der Waals surface area contributed by atoms with Crippen LogP contribution in [0.5, 0.6) is 0 Å². The van der Waals surface area contributed by atoms with Crippen molar-refractivity contribution in [2.75, 3.05) is 0 Å². The zero-order chi connectivity index (χ0) is 6.97. The fourth-order valence-corrected chi connectivity index (χ4v) is 0.808. The van der Waals surface area contributed by atoms with E-state index in [1.54, 1.807) is 0 Å². The van der Waals surface area contributed by atoms with Gasteiger partial charge in [-0.05, 0) is 0 Å². The lowest BCUT2D eigenvalue weighted by molar-refractivity contribution is 0.930. The van der Waals surface area contributed by atoms with Crippen molar-refractivity contribution in [2.45, 2.75) is 6.17 Å². The van der Waals surface area contributed by atoms with E-state index in [0.717, 1.165) is 0 Å². The van der Waals surface area contributed by atoms with E-state index in [9.17, 15) is 0 Å². The Hall–Kier alpha value is -1.36. The monoisotopic (exact) mass is 135 g/mol. The number of amidine groups is 1. The maximum Gasteiger partial charge on any atom is 0.180 e. The van der Waals surface area contributed by atoms with Crippen molar-refractivity contribution in [3.63, 3.8) is 0 Å². The molecule has 0 saturated carbocycles. The standard InChI is InChI=1S/C5H5N5/c6-4-3-5(9-1-7-3)10-2-8-4/h1-2,4H,6H2. The van der Waals surface area contributed by atoms with E-state index in [4.69, 9.17) is 5.73 Å². The molecule has 0 saturated heterocycles. The van der Waals surface area contributed by atoms with Crippen molar-refractivity contribution in [3.05, 3.63) is 0 Å². The molecule has 0 aliphatic carbocycles. The average Bonchev–Trinajstić information content (AvgIpc) is 2.36. The van der Waals surface area contributed by atoms with Crippen LogP contribution < -0.4 is 5.73 Å². The summed E-state index contributed by atoms with van der Waals surface area (Å²) in [4.78, 5) is 15.4. The van der Waals surface area contributed by atoms with Crippen LogP contribution in [-0.2, 0) is 0 Å². The predicted octanol–water partition coefficient (Wildman–Crippen LogP) is -0.806. The van der Waals surface area contributed by atoms with E-state index in [2.05, 4.69) is 20.0 Å². The first-order valence-corrected chi connectivity index (χ1v) is 2.83. The molecular weight excluding hydrogens is 130 g/mol. The summed E-state index contributed by atoms with van der Waals surface area (Å²) >= 11 is 0. The minimum absolute atomic E-state index is 0.380. The fourth-order valence-electron chi connectivity index (χ4n) is 0.808. The Morgan fingerprint density at radius 1 is 1.30 bits per heavy atom. The maximum absolute atomic E-state index is 5.53. The van der Waals surface area contributed by atoms with Crippen molar-refractivity contribution in [1.82, 2.24) is 0 Å². The topological polar surface area (TPSA) is 75.5 Å². The highest BCUT2D eigenvalue weighted by Gasteiger charge is 2.20. The smallest absolute Gasteiger partial charge is 0.180 e. The van der Waals surface area contributed by atoms with Crippen molar-refractivity contribution in [2.24, 2.45) is 25.7 Å². The van der Waals surface area contributed by atoms with Gasteiger partial charge in [0.2, 0.25) is 0 Å². The first-order chi connectivity index (χ1) is 4.88. The molecule has 0 amide bonds. The van der Waals surface area contributed by atoms with E-state index >= 15 is 0 Å². The number of nitrogens with zero attached hydrogens (tertiary/aromatic N) is 4. The second-order valence-electron chi connectivity index (χ2n) is 1.92. The molecule has 5 nitrogen and oxygen atoms in total. The maximum atomic E-state index is 5.53. The number of hydrogen-bond acceptors (Lipinski definition) is 5. The van der Waals surface area contributed by atoms with E-state index in [0.29, 0.717) is 11.5 Å². The second-order valence-corrected chi connectivity index (χ2v) is 1.92. The SMILES string of the molecule is NC1N=CN=C2N=CN=C21. The van der Waals surface area contributed by atoms with Gasteiger partial charge in [0.15, 0.2) is 5.84 Å². The van der Waals surface area contributed by atoms with Crippen molar-refractivity contribution in [3.8, 4) is 0 Å². The fraction of sp³-hybridized carbons (Fsp3) is 0.200. The molecule has 0 aromatic carbocycles. The lowest BCUT2D eigenvalue weighted by Crippen LogP contribution is -2.34. The number of fused-ring (bicyclic) bond motifs is 1. The molecule has 1 unspecified atom stereocenters. The molecule has 2 aliphatic heterocycles. The molecule has 2 rings (SSSR count). The third-order valence-electron chi connectivity index (χ3n) is 1.29. The highest BCUT2D eigenvalue weighted by Crippen LogP contribution is 2.02. The molecular formula is C5H5N5. The van der Waals surface area contributed by atoms with Gasteiger partial charge >= 0.3 is 0 Å². The Kier molecular flexibility index (Phi) is 0.983. The average molecular weight is 135 g/mol. The number of hydrogen-bond donors (Lipinski definition) is 1. The summed E-state index contributed by atoms with van der Waals surface area (Å²) in [5, 5.41) is 0. The molecule has 10 heavy (non-hydrogen) atoms. The molecule has 0 bridgehead atoms. The van der Waals surface area contributed by atoms with Crippen molar-refractivity contribution in [1.29, 1.82) is 0 Å². The van der Waals surface area contributed by atoms with Gasteiger partial charge in [0, 0.05) is 0 Å². The van der Waals surface area contributed by atoms with Gasteiger partial charge in [-0.25, -0.2) is 20.0 Å². The molecule has 0 fully saturated rings. The molecule has 0 spiro atoms. The highest BCUT2D eigenvalue weighted by atomic mass is 15.1. The quantitative estimate of drug-likeness (QED) is 0.463. The Labute approximate surface area is 57.1 Å². The number of rotatable bonds is 0. The summed E-state index contributed by atoms with van der Waals surface area (Å²) in [6, 6.07) is 0. The Morgan fingerprint density at radius 2 is 2.20 bits per heavy atom. The summed E-state index contributed by atoms with van der Waals surface area (Å²) < 4.78 is 0. The summed E-state index contributed by atoms with van der Waals surface area (Å²) in [7, 11) is 0. The van der Waals surface area contributed by atoms with E-state index < -0.39 is 0 Å². The van der Waals surface area contributed by atoms with Crippen molar-refractivity contribution < 1.29 is 0 Å². The van der Waals surface area contributed by atoms with Gasteiger partial charge in [-0.3, -0.25) is 0 Å². The third kappa shape index (κ3) is 0.608. The summed E-state index contributed by atoms with van der Waals surface area (Å²) in [5.41, 5.74) is 6.19. The van der Waals surface area contributed by atoms with E-state index in [-0.39, 0.29) is 6.17 Å². The minimum atomic E-state index is -0.380. The minimum Gasteiger partial charge on any atom is -0.304 e. The Morgan fingerprint density at radius 3 is 3.00 bits per heavy atom. The third-order valence-corrected chi connectivity index (χ3v) is 1.29. The predicted molar refractivity (Wildman–Crippen MR) is 39.8 cm³/mol. The van der Waals surface area contributed by atoms with Crippen LogP contribution in [0.1, 0.15) is 0 Å². The van der Waals surface area contributed by atoms with E-state index in [1.807, 2.05) is 0 Å². The van der Waals surface area contributed by atoms with Crippen LogP contribution in [0.3, 0.4) is 0 Å². The lowest BCUT2D eigenvalue weighted by Gasteiger charge is -2.07. The molecule has 0 aromatic heterocycles. The summed E-state index contributed by atoms with van der Waals surface area (Å²) in [5.74, 6) is 0.586. The van der Waals surface area contributed by atoms with E-state index in [1.165, 1.54) is 12.7 Å².